The fraction of sp³-hybridized carbons (Fsp3) is 0.526. The van der Waals surface area contributed by atoms with E-state index in [1.165, 1.54) is 4.90 Å². The number of carboxylic acids is 1. The number of carbonyl (C=O) groups is 3. The van der Waals surface area contributed by atoms with E-state index in [2.05, 4.69) is 0 Å². The summed E-state index contributed by atoms with van der Waals surface area (Å²) in [4.78, 5) is 39.4. The molecule has 0 radical (unpaired) electrons. The second kappa shape index (κ2) is 9.81. The molecule has 0 saturated heterocycles. The topological polar surface area (TPSA) is 77.9 Å². The lowest BCUT2D eigenvalue weighted by molar-refractivity contribution is -0.138. The Morgan fingerprint density at radius 1 is 1.00 bits per heavy atom. The van der Waals surface area contributed by atoms with Crippen molar-refractivity contribution in [3.8, 4) is 0 Å². The number of aliphatic carboxylic acids is 1. The van der Waals surface area contributed by atoms with E-state index in [0.717, 1.165) is 12.8 Å². The number of benzene rings is 1. The molecular formula is C19H28N2O4. The Labute approximate surface area is 149 Å². The van der Waals surface area contributed by atoms with E-state index >= 15 is 0 Å². The summed E-state index contributed by atoms with van der Waals surface area (Å²) in [5, 5.41) is 9.01. The Morgan fingerprint density at radius 2 is 1.52 bits per heavy atom. The standard InChI is InChI=1S/C19H28N2O4/c1-5-10-20(11-6-2)18(24)15-8-7-9-16(12-15)19(25)21(14(3)4)13-17(22)23/h7-9,12,14H,5-6,10-11,13H2,1-4H3,(H,22,23). The Bertz CT molecular complexity index is 607. The molecule has 0 aromatic heterocycles. The summed E-state index contributed by atoms with van der Waals surface area (Å²) in [6, 6.07) is 6.27. The molecule has 1 N–H and O–H groups in total. The number of carboxylic acid groups (broad SMARTS) is 1. The molecule has 6 nitrogen and oxygen atoms in total. The minimum absolute atomic E-state index is 0.104. The van der Waals surface area contributed by atoms with E-state index in [9.17, 15) is 14.4 Å². The molecule has 0 aliphatic rings. The molecule has 0 spiro atoms. The fourth-order valence-electron chi connectivity index (χ4n) is 2.62. The highest BCUT2D eigenvalue weighted by Crippen LogP contribution is 2.13. The van der Waals surface area contributed by atoms with Crippen LogP contribution < -0.4 is 0 Å². The van der Waals surface area contributed by atoms with Crippen LogP contribution in [-0.4, -0.2) is 58.4 Å². The molecule has 138 valence electrons. The van der Waals surface area contributed by atoms with Gasteiger partial charge in [-0.2, -0.15) is 0 Å². The van der Waals surface area contributed by atoms with Gasteiger partial charge in [0.1, 0.15) is 6.54 Å². The number of hydrogen-bond acceptors (Lipinski definition) is 3. The molecule has 0 heterocycles. The Kier molecular flexibility index (Phi) is 8.11. The lowest BCUT2D eigenvalue weighted by atomic mass is 10.1. The van der Waals surface area contributed by atoms with E-state index in [0.29, 0.717) is 24.2 Å². The van der Waals surface area contributed by atoms with Gasteiger partial charge in [-0.3, -0.25) is 14.4 Å². The largest absolute Gasteiger partial charge is 0.480 e. The first-order valence-corrected chi connectivity index (χ1v) is 8.73. The molecule has 0 atom stereocenters. The van der Waals surface area contributed by atoms with Crippen molar-refractivity contribution < 1.29 is 19.5 Å². The van der Waals surface area contributed by atoms with Crippen LogP contribution in [0, 0.1) is 0 Å². The van der Waals surface area contributed by atoms with Crippen LogP contribution in [-0.2, 0) is 4.79 Å². The van der Waals surface area contributed by atoms with E-state index in [-0.39, 0.29) is 24.4 Å². The predicted molar refractivity (Wildman–Crippen MR) is 96.7 cm³/mol. The first-order chi connectivity index (χ1) is 11.8. The predicted octanol–water partition coefficient (Wildman–Crippen LogP) is 2.88. The average Bonchev–Trinajstić information content (AvgIpc) is 2.58. The molecule has 0 unspecified atom stereocenters. The maximum atomic E-state index is 12.7. The maximum Gasteiger partial charge on any atom is 0.323 e. The average molecular weight is 348 g/mol. The van der Waals surface area contributed by atoms with Crippen LogP contribution in [0.2, 0.25) is 0 Å². The molecule has 1 rings (SSSR count). The third-order valence-corrected chi connectivity index (χ3v) is 3.82. The highest BCUT2D eigenvalue weighted by atomic mass is 16.4. The van der Waals surface area contributed by atoms with Crippen LogP contribution in [0.1, 0.15) is 61.3 Å². The molecule has 0 bridgehead atoms. The Hall–Kier alpha value is -2.37. The van der Waals surface area contributed by atoms with Gasteiger partial charge in [-0.05, 0) is 44.9 Å². The van der Waals surface area contributed by atoms with Gasteiger partial charge >= 0.3 is 5.97 Å². The van der Waals surface area contributed by atoms with Gasteiger partial charge in [0.25, 0.3) is 11.8 Å². The third kappa shape index (κ3) is 5.89. The van der Waals surface area contributed by atoms with Gasteiger partial charge < -0.3 is 14.9 Å². The van der Waals surface area contributed by atoms with Crippen LogP contribution in [0.3, 0.4) is 0 Å². The zero-order chi connectivity index (χ0) is 19.0. The summed E-state index contributed by atoms with van der Waals surface area (Å²) in [5.41, 5.74) is 0.778. The molecule has 25 heavy (non-hydrogen) atoms. The SMILES string of the molecule is CCCN(CCC)C(=O)c1cccc(C(=O)N(CC(=O)O)C(C)C)c1. The first kappa shape index (κ1) is 20.7. The minimum atomic E-state index is -1.06. The summed E-state index contributed by atoms with van der Waals surface area (Å²) in [6.07, 6.45) is 1.73. The van der Waals surface area contributed by atoms with Gasteiger partial charge in [0.2, 0.25) is 0 Å². The monoisotopic (exact) mass is 348 g/mol. The van der Waals surface area contributed by atoms with Crippen molar-refractivity contribution in [2.24, 2.45) is 0 Å². The van der Waals surface area contributed by atoms with E-state index < -0.39 is 5.97 Å². The number of carbonyl (C=O) groups excluding carboxylic acids is 2. The van der Waals surface area contributed by atoms with Crippen LogP contribution in [0.4, 0.5) is 0 Å². The molecule has 2 amide bonds. The molecule has 0 saturated carbocycles. The zero-order valence-electron chi connectivity index (χ0n) is 15.5. The molecule has 0 aliphatic carbocycles. The second-order valence-electron chi connectivity index (χ2n) is 6.29. The van der Waals surface area contributed by atoms with Crippen molar-refractivity contribution in [3.63, 3.8) is 0 Å². The van der Waals surface area contributed by atoms with Crippen LogP contribution in [0.5, 0.6) is 0 Å². The lowest BCUT2D eigenvalue weighted by Crippen LogP contribution is -2.40. The van der Waals surface area contributed by atoms with Crippen molar-refractivity contribution >= 4 is 17.8 Å². The van der Waals surface area contributed by atoms with E-state index in [4.69, 9.17) is 5.11 Å². The maximum absolute atomic E-state index is 12.7. The van der Waals surface area contributed by atoms with E-state index in [1.807, 2.05) is 13.8 Å². The van der Waals surface area contributed by atoms with Crippen molar-refractivity contribution in [1.82, 2.24) is 9.80 Å². The summed E-state index contributed by atoms with van der Waals surface area (Å²) in [6.45, 7) is 8.53. The lowest BCUT2D eigenvalue weighted by Gasteiger charge is -2.25. The summed E-state index contributed by atoms with van der Waals surface area (Å²) < 4.78 is 0. The quantitative estimate of drug-likeness (QED) is 0.744. The van der Waals surface area contributed by atoms with Gasteiger partial charge in [-0.15, -0.1) is 0 Å². The summed E-state index contributed by atoms with van der Waals surface area (Å²) >= 11 is 0. The van der Waals surface area contributed by atoms with Gasteiger partial charge in [0.15, 0.2) is 0 Å². The van der Waals surface area contributed by atoms with Crippen LogP contribution in [0.25, 0.3) is 0 Å². The Morgan fingerprint density at radius 3 is 1.96 bits per heavy atom. The molecular weight excluding hydrogens is 320 g/mol. The zero-order valence-corrected chi connectivity index (χ0v) is 15.5. The van der Waals surface area contributed by atoms with Gasteiger partial charge in [-0.1, -0.05) is 19.9 Å². The van der Waals surface area contributed by atoms with Crippen LogP contribution in [0.15, 0.2) is 24.3 Å². The third-order valence-electron chi connectivity index (χ3n) is 3.82. The first-order valence-electron chi connectivity index (χ1n) is 8.73. The van der Waals surface area contributed by atoms with Crippen LogP contribution >= 0.6 is 0 Å². The number of nitrogens with zero attached hydrogens (tertiary/aromatic N) is 2. The van der Waals surface area contributed by atoms with Crippen molar-refractivity contribution in [2.75, 3.05) is 19.6 Å². The fourth-order valence-corrected chi connectivity index (χ4v) is 2.62. The van der Waals surface area contributed by atoms with Gasteiger partial charge in [-0.25, -0.2) is 0 Å². The molecule has 1 aromatic rings. The number of hydrogen-bond donors (Lipinski definition) is 1. The molecule has 0 aliphatic heterocycles. The van der Waals surface area contributed by atoms with Gasteiger partial charge in [0, 0.05) is 30.3 Å². The second-order valence-corrected chi connectivity index (χ2v) is 6.29. The highest BCUT2D eigenvalue weighted by Gasteiger charge is 2.23. The Balaban J connectivity index is 3.08. The smallest absolute Gasteiger partial charge is 0.323 e. The highest BCUT2D eigenvalue weighted by molar-refractivity contribution is 6.00. The van der Waals surface area contributed by atoms with Crippen molar-refractivity contribution in [2.45, 2.75) is 46.6 Å². The number of amides is 2. The van der Waals surface area contributed by atoms with E-state index in [1.54, 1.807) is 43.0 Å². The van der Waals surface area contributed by atoms with Gasteiger partial charge in [0.05, 0.1) is 0 Å². The summed E-state index contributed by atoms with van der Waals surface area (Å²) in [7, 11) is 0. The normalized spacial score (nSPS) is 10.6. The molecule has 0 fully saturated rings. The van der Waals surface area contributed by atoms with Crippen molar-refractivity contribution in [1.29, 1.82) is 0 Å². The molecule has 1 aromatic carbocycles. The summed E-state index contributed by atoms with van der Waals surface area (Å²) in [5.74, 6) is -1.55. The minimum Gasteiger partial charge on any atom is -0.480 e. The van der Waals surface area contributed by atoms with Crippen molar-refractivity contribution in [3.05, 3.63) is 35.4 Å². The molecule has 6 heteroatoms. The number of rotatable bonds is 9.